The SMILES string of the molecule is O=C(c1ccc(F)cc1)N1CCCN(Cc2ccc(Br)cc2)CC1. The number of hydrogen-bond acceptors (Lipinski definition) is 2. The second kappa shape index (κ2) is 7.90. The Morgan fingerprint density at radius 1 is 0.958 bits per heavy atom. The average Bonchev–Trinajstić information content (AvgIpc) is 2.83. The maximum absolute atomic E-state index is 13.0. The first-order valence-corrected chi connectivity index (χ1v) is 8.93. The molecule has 126 valence electrons. The largest absolute Gasteiger partial charge is 0.337 e. The van der Waals surface area contributed by atoms with Gasteiger partial charge in [0.25, 0.3) is 5.91 Å². The van der Waals surface area contributed by atoms with E-state index in [0.29, 0.717) is 12.1 Å². The van der Waals surface area contributed by atoms with Crippen molar-refractivity contribution in [1.29, 1.82) is 0 Å². The fourth-order valence-electron chi connectivity index (χ4n) is 2.96. The topological polar surface area (TPSA) is 23.6 Å². The molecule has 1 aliphatic heterocycles. The van der Waals surface area contributed by atoms with Crippen molar-refractivity contribution in [3.63, 3.8) is 0 Å². The van der Waals surface area contributed by atoms with Gasteiger partial charge in [0.2, 0.25) is 0 Å². The van der Waals surface area contributed by atoms with Gasteiger partial charge in [0.1, 0.15) is 5.82 Å². The third-order valence-electron chi connectivity index (χ3n) is 4.29. The number of hydrogen-bond donors (Lipinski definition) is 0. The van der Waals surface area contributed by atoms with Crippen molar-refractivity contribution in [3.05, 3.63) is 69.9 Å². The first kappa shape index (κ1) is 17.1. The van der Waals surface area contributed by atoms with Crippen molar-refractivity contribution in [1.82, 2.24) is 9.80 Å². The first-order valence-electron chi connectivity index (χ1n) is 8.13. The molecule has 0 N–H and O–H groups in total. The normalized spacial score (nSPS) is 16.0. The van der Waals surface area contributed by atoms with E-state index in [2.05, 4.69) is 45.1 Å². The molecule has 3 nitrogen and oxygen atoms in total. The molecule has 2 aromatic rings. The Labute approximate surface area is 150 Å². The van der Waals surface area contributed by atoms with Gasteiger partial charge in [-0.3, -0.25) is 9.69 Å². The van der Waals surface area contributed by atoms with Crippen molar-refractivity contribution in [2.75, 3.05) is 26.2 Å². The smallest absolute Gasteiger partial charge is 0.253 e. The van der Waals surface area contributed by atoms with E-state index < -0.39 is 0 Å². The maximum atomic E-state index is 13.0. The van der Waals surface area contributed by atoms with E-state index in [1.807, 2.05) is 4.90 Å². The second-order valence-electron chi connectivity index (χ2n) is 6.06. The lowest BCUT2D eigenvalue weighted by atomic mass is 10.2. The molecule has 0 atom stereocenters. The molecule has 0 aliphatic carbocycles. The summed E-state index contributed by atoms with van der Waals surface area (Å²) in [5.41, 5.74) is 1.83. The van der Waals surface area contributed by atoms with Crippen LogP contribution >= 0.6 is 15.9 Å². The number of amides is 1. The quantitative estimate of drug-likeness (QED) is 0.792. The van der Waals surface area contributed by atoms with Gasteiger partial charge >= 0.3 is 0 Å². The van der Waals surface area contributed by atoms with E-state index in [0.717, 1.165) is 37.1 Å². The van der Waals surface area contributed by atoms with Crippen LogP contribution < -0.4 is 0 Å². The molecule has 0 bridgehead atoms. The predicted octanol–water partition coefficient (Wildman–Crippen LogP) is 3.94. The van der Waals surface area contributed by atoms with E-state index in [4.69, 9.17) is 0 Å². The molecule has 1 fully saturated rings. The number of benzene rings is 2. The highest BCUT2D eigenvalue weighted by Crippen LogP contribution is 2.15. The van der Waals surface area contributed by atoms with Gasteiger partial charge in [-0.15, -0.1) is 0 Å². The maximum Gasteiger partial charge on any atom is 0.253 e. The van der Waals surface area contributed by atoms with Crippen LogP contribution in [0.4, 0.5) is 4.39 Å². The van der Waals surface area contributed by atoms with Gasteiger partial charge in [-0.1, -0.05) is 28.1 Å². The van der Waals surface area contributed by atoms with Gasteiger partial charge in [0, 0.05) is 42.8 Å². The summed E-state index contributed by atoms with van der Waals surface area (Å²) in [5, 5.41) is 0. The molecule has 3 rings (SSSR count). The monoisotopic (exact) mass is 390 g/mol. The average molecular weight is 391 g/mol. The van der Waals surface area contributed by atoms with Crippen molar-refractivity contribution in [3.8, 4) is 0 Å². The van der Waals surface area contributed by atoms with Crippen LogP contribution in [0.25, 0.3) is 0 Å². The lowest BCUT2D eigenvalue weighted by molar-refractivity contribution is 0.0761. The zero-order valence-corrected chi connectivity index (χ0v) is 15.0. The van der Waals surface area contributed by atoms with Crippen LogP contribution in [0.15, 0.2) is 53.0 Å². The molecule has 24 heavy (non-hydrogen) atoms. The van der Waals surface area contributed by atoms with Gasteiger partial charge < -0.3 is 4.90 Å². The van der Waals surface area contributed by atoms with E-state index in [1.54, 1.807) is 12.1 Å². The zero-order chi connectivity index (χ0) is 16.9. The number of nitrogens with zero attached hydrogens (tertiary/aromatic N) is 2. The number of carbonyl (C=O) groups excluding carboxylic acids is 1. The Hall–Kier alpha value is -1.72. The van der Waals surface area contributed by atoms with E-state index >= 15 is 0 Å². The van der Waals surface area contributed by atoms with Crippen LogP contribution in [0, 0.1) is 5.82 Å². The number of rotatable bonds is 3. The summed E-state index contributed by atoms with van der Waals surface area (Å²) in [4.78, 5) is 16.8. The summed E-state index contributed by atoms with van der Waals surface area (Å²) in [5.74, 6) is -0.330. The summed E-state index contributed by atoms with van der Waals surface area (Å²) in [6, 6.07) is 14.1. The Balaban J connectivity index is 1.59. The van der Waals surface area contributed by atoms with Crippen LogP contribution in [-0.4, -0.2) is 41.9 Å². The third kappa shape index (κ3) is 4.42. The Morgan fingerprint density at radius 2 is 1.67 bits per heavy atom. The van der Waals surface area contributed by atoms with Crippen LogP contribution in [0.2, 0.25) is 0 Å². The van der Waals surface area contributed by atoms with Crippen molar-refractivity contribution in [2.24, 2.45) is 0 Å². The van der Waals surface area contributed by atoms with Crippen LogP contribution in [0.5, 0.6) is 0 Å². The summed E-state index contributed by atoms with van der Waals surface area (Å²) in [6.45, 7) is 4.16. The first-order chi connectivity index (χ1) is 11.6. The molecule has 0 spiro atoms. The van der Waals surface area contributed by atoms with E-state index in [-0.39, 0.29) is 11.7 Å². The molecule has 0 unspecified atom stereocenters. The molecule has 1 amide bonds. The van der Waals surface area contributed by atoms with Gasteiger partial charge in [-0.05, 0) is 48.4 Å². The summed E-state index contributed by atoms with van der Waals surface area (Å²) < 4.78 is 14.1. The molecule has 5 heteroatoms. The van der Waals surface area contributed by atoms with Gasteiger partial charge in [0.05, 0.1) is 0 Å². The molecule has 0 radical (unpaired) electrons. The molecule has 1 aliphatic rings. The molecular formula is C19H20BrFN2O. The van der Waals surface area contributed by atoms with Crippen molar-refractivity contribution >= 4 is 21.8 Å². The van der Waals surface area contributed by atoms with Crippen LogP contribution in [-0.2, 0) is 6.54 Å². The minimum atomic E-state index is -0.317. The predicted molar refractivity (Wildman–Crippen MR) is 96.3 cm³/mol. The van der Waals surface area contributed by atoms with Crippen molar-refractivity contribution < 1.29 is 9.18 Å². The minimum Gasteiger partial charge on any atom is -0.337 e. The van der Waals surface area contributed by atoms with Crippen LogP contribution in [0.1, 0.15) is 22.3 Å². The van der Waals surface area contributed by atoms with Crippen LogP contribution in [0.3, 0.4) is 0 Å². The number of halogens is 2. The Bertz CT molecular complexity index is 688. The fraction of sp³-hybridized carbons (Fsp3) is 0.316. The van der Waals surface area contributed by atoms with E-state index in [9.17, 15) is 9.18 Å². The minimum absolute atomic E-state index is 0.0134. The second-order valence-corrected chi connectivity index (χ2v) is 6.97. The molecule has 1 heterocycles. The molecule has 0 aromatic heterocycles. The lowest BCUT2D eigenvalue weighted by Crippen LogP contribution is -2.35. The lowest BCUT2D eigenvalue weighted by Gasteiger charge is -2.22. The summed E-state index contributed by atoms with van der Waals surface area (Å²) in [6.07, 6.45) is 0.948. The van der Waals surface area contributed by atoms with Gasteiger partial charge in [-0.2, -0.15) is 0 Å². The molecule has 2 aromatic carbocycles. The highest BCUT2D eigenvalue weighted by atomic mass is 79.9. The fourth-order valence-corrected chi connectivity index (χ4v) is 3.22. The summed E-state index contributed by atoms with van der Waals surface area (Å²) >= 11 is 3.45. The highest BCUT2D eigenvalue weighted by molar-refractivity contribution is 9.10. The molecule has 1 saturated heterocycles. The standard InChI is InChI=1S/C19H20BrFN2O/c20-17-6-2-15(3-7-17)14-22-10-1-11-23(13-12-22)19(24)16-4-8-18(21)9-5-16/h2-9H,1,10-14H2. The Morgan fingerprint density at radius 3 is 2.38 bits per heavy atom. The molecule has 0 saturated carbocycles. The Kier molecular flexibility index (Phi) is 5.63. The number of carbonyl (C=O) groups is 1. The molecular weight excluding hydrogens is 371 g/mol. The summed E-state index contributed by atoms with van der Waals surface area (Å²) in [7, 11) is 0. The third-order valence-corrected chi connectivity index (χ3v) is 4.82. The highest BCUT2D eigenvalue weighted by Gasteiger charge is 2.20. The van der Waals surface area contributed by atoms with Crippen molar-refractivity contribution in [2.45, 2.75) is 13.0 Å². The van der Waals surface area contributed by atoms with Gasteiger partial charge in [0.15, 0.2) is 0 Å². The van der Waals surface area contributed by atoms with Gasteiger partial charge in [-0.25, -0.2) is 4.39 Å². The van der Waals surface area contributed by atoms with E-state index in [1.165, 1.54) is 17.7 Å². The zero-order valence-electron chi connectivity index (χ0n) is 13.4.